The van der Waals surface area contributed by atoms with Crippen LogP contribution in [0.2, 0.25) is 0 Å². The SMILES string of the molecule is CCCNC1CC2CCC(C1)N2C(C)C1CCOC1. The molecule has 3 aliphatic heterocycles. The fourth-order valence-corrected chi connectivity index (χ4v) is 4.57. The molecule has 0 radical (unpaired) electrons. The van der Waals surface area contributed by atoms with Crippen molar-refractivity contribution < 1.29 is 4.74 Å². The highest BCUT2D eigenvalue weighted by Gasteiger charge is 2.44. The van der Waals surface area contributed by atoms with Crippen LogP contribution in [0.4, 0.5) is 0 Å². The number of hydrogen-bond acceptors (Lipinski definition) is 3. The average Bonchev–Trinajstić information content (AvgIpc) is 3.03. The maximum atomic E-state index is 5.60. The Hall–Kier alpha value is -0.120. The summed E-state index contributed by atoms with van der Waals surface area (Å²) in [6.07, 6.45) is 8.11. The molecule has 110 valence electrons. The van der Waals surface area contributed by atoms with Gasteiger partial charge in [-0.05, 0) is 57.9 Å². The summed E-state index contributed by atoms with van der Waals surface area (Å²) in [6, 6.07) is 3.18. The second-order valence-corrected chi connectivity index (χ2v) is 6.82. The molecular formula is C16H30N2O. The highest BCUT2D eigenvalue weighted by molar-refractivity contribution is 5.00. The Labute approximate surface area is 118 Å². The van der Waals surface area contributed by atoms with E-state index in [1.807, 2.05) is 0 Å². The first-order valence-electron chi connectivity index (χ1n) is 8.38. The Bertz CT molecular complexity index is 276. The standard InChI is InChI=1S/C16H30N2O/c1-3-7-17-14-9-15-4-5-16(10-14)18(15)12(2)13-6-8-19-11-13/h12-17H,3-11H2,1-2H3. The van der Waals surface area contributed by atoms with Gasteiger partial charge in [0.1, 0.15) is 0 Å². The highest BCUT2D eigenvalue weighted by atomic mass is 16.5. The van der Waals surface area contributed by atoms with Gasteiger partial charge < -0.3 is 10.1 Å². The monoisotopic (exact) mass is 266 g/mol. The van der Waals surface area contributed by atoms with E-state index in [0.29, 0.717) is 0 Å². The first-order valence-corrected chi connectivity index (χ1v) is 8.38. The quantitative estimate of drug-likeness (QED) is 0.827. The molecule has 3 heterocycles. The molecule has 19 heavy (non-hydrogen) atoms. The minimum Gasteiger partial charge on any atom is -0.381 e. The van der Waals surface area contributed by atoms with Crippen LogP contribution in [0.5, 0.6) is 0 Å². The minimum absolute atomic E-state index is 0.729. The van der Waals surface area contributed by atoms with E-state index in [4.69, 9.17) is 4.74 Å². The average molecular weight is 266 g/mol. The summed E-state index contributed by atoms with van der Waals surface area (Å²) >= 11 is 0. The lowest BCUT2D eigenvalue weighted by molar-refractivity contribution is 0.0451. The van der Waals surface area contributed by atoms with Crippen molar-refractivity contribution in [3.05, 3.63) is 0 Å². The molecule has 3 nitrogen and oxygen atoms in total. The van der Waals surface area contributed by atoms with Gasteiger partial charge in [-0.25, -0.2) is 0 Å². The van der Waals surface area contributed by atoms with Crippen molar-refractivity contribution in [2.75, 3.05) is 19.8 Å². The Balaban J connectivity index is 1.59. The number of nitrogens with one attached hydrogen (secondary N) is 1. The summed E-state index contributed by atoms with van der Waals surface area (Å²) in [4.78, 5) is 2.86. The first-order chi connectivity index (χ1) is 9.29. The first kappa shape index (κ1) is 13.8. The lowest BCUT2D eigenvalue weighted by atomic mass is 9.91. The Kier molecular flexibility index (Phi) is 4.45. The number of nitrogens with zero attached hydrogens (tertiary/aromatic N) is 1. The zero-order valence-corrected chi connectivity index (χ0v) is 12.6. The van der Waals surface area contributed by atoms with Gasteiger partial charge in [0.15, 0.2) is 0 Å². The molecule has 0 aromatic rings. The van der Waals surface area contributed by atoms with Crippen molar-refractivity contribution in [2.24, 2.45) is 5.92 Å². The fraction of sp³-hybridized carbons (Fsp3) is 1.00. The van der Waals surface area contributed by atoms with Crippen LogP contribution in [-0.2, 0) is 4.74 Å². The van der Waals surface area contributed by atoms with Crippen LogP contribution in [0.1, 0.15) is 52.4 Å². The zero-order valence-electron chi connectivity index (χ0n) is 12.6. The van der Waals surface area contributed by atoms with Crippen molar-refractivity contribution in [3.63, 3.8) is 0 Å². The molecule has 4 atom stereocenters. The van der Waals surface area contributed by atoms with Gasteiger partial charge in [-0.1, -0.05) is 6.92 Å². The van der Waals surface area contributed by atoms with Crippen LogP contribution in [-0.4, -0.2) is 48.8 Å². The number of piperidine rings is 1. The second kappa shape index (κ2) is 6.11. The van der Waals surface area contributed by atoms with E-state index >= 15 is 0 Å². The van der Waals surface area contributed by atoms with Crippen LogP contribution in [0.25, 0.3) is 0 Å². The van der Waals surface area contributed by atoms with Crippen molar-refractivity contribution in [1.82, 2.24) is 10.2 Å². The van der Waals surface area contributed by atoms with Crippen molar-refractivity contribution in [2.45, 2.75) is 76.5 Å². The Morgan fingerprint density at radius 2 is 1.95 bits per heavy atom. The van der Waals surface area contributed by atoms with Gasteiger partial charge in [0.25, 0.3) is 0 Å². The molecular weight excluding hydrogens is 236 g/mol. The summed E-state index contributed by atoms with van der Waals surface area (Å²) in [6.45, 7) is 7.88. The molecule has 3 rings (SSSR count). The number of fused-ring (bicyclic) bond motifs is 2. The van der Waals surface area contributed by atoms with E-state index in [1.54, 1.807) is 0 Å². The van der Waals surface area contributed by atoms with Crippen molar-refractivity contribution >= 4 is 0 Å². The molecule has 3 saturated heterocycles. The van der Waals surface area contributed by atoms with E-state index in [2.05, 4.69) is 24.1 Å². The third kappa shape index (κ3) is 2.84. The summed E-state index contributed by atoms with van der Waals surface area (Å²) in [5.41, 5.74) is 0. The third-order valence-corrected chi connectivity index (χ3v) is 5.59. The van der Waals surface area contributed by atoms with Crippen LogP contribution >= 0.6 is 0 Å². The lowest BCUT2D eigenvalue weighted by Crippen LogP contribution is -2.54. The number of hydrogen-bond donors (Lipinski definition) is 1. The second-order valence-electron chi connectivity index (χ2n) is 6.82. The van der Waals surface area contributed by atoms with Gasteiger partial charge in [0.05, 0.1) is 6.61 Å². The smallest absolute Gasteiger partial charge is 0.0509 e. The van der Waals surface area contributed by atoms with Crippen molar-refractivity contribution in [1.29, 1.82) is 0 Å². The predicted octanol–water partition coefficient (Wildman–Crippen LogP) is 2.41. The molecule has 4 unspecified atom stereocenters. The normalized spacial score (nSPS) is 40.7. The van der Waals surface area contributed by atoms with Gasteiger partial charge in [-0.3, -0.25) is 4.90 Å². The molecule has 1 N–H and O–H groups in total. The molecule has 0 saturated carbocycles. The zero-order chi connectivity index (χ0) is 13.2. The van der Waals surface area contributed by atoms with E-state index in [1.165, 1.54) is 45.1 Å². The van der Waals surface area contributed by atoms with Gasteiger partial charge in [0, 0.05) is 30.8 Å². The lowest BCUT2D eigenvalue weighted by Gasteiger charge is -2.44. The molecule has 3 heteroatoms. The number of ether oxygens (including phenoxy) is 1. The fourth-order valence-electron chi connectivity index (χ4n) is 4.57. The molecule has 0 aromatic heterocycles. The van der Waals surface area contributed by atoms with Gasteiger partial charge in [-0.15, -0.1) is 0 Å². The van der Waals surface area contributed by atoms with E-state index in [9.17, 15) is 0 Å². The Morgan fingerprint density at radius 3 is 2.53 bits per heavy atom. The maximum Gasteiger partial charge on any atom is 0.0509 e. The minimum atomic E-state index is 0.729. The van der Waals surface area contributed by atoms with Crippen LogP contribution in [0.15, 0.2) is 0 Å². The van der Waals surface area contributed by atoms with E-state index in [-0.39, 0.29) is 0 Å². The van der Waals surface area contributed by atoms with Crippen LogP contribution in [0.3, 0.4) is 0 Å². The third-order valence-electron chi connectivity index (χ3n) is 5.59. The molecule has 0 spiro atoms. The van der Waals surface area contributed by atoms with Crippen LogP contribution < -0.4 is 5.32 Å². The highest BCUT2D eigenvalue weighted by Crippen LogP contribution is 2.39. The topological polar surface area (TPSA) is 24.5 Å². The maximum absolute atomic E-state index is 5.60. The summed E-state index contributed by atoms with van der Waals surface area (Å²) in [5.74, 6) is 0.781. The summed E-state index contributed by atoms with van der Waals surface area (Å²) in [7, 11) is 0. The summed E-state index contributed by atoms with van der Waals surface area (Å²) < 4.78 is 5.60. The molecule has 0 aliphatic carbocycles. The molecule has 3 aliphatic rings. The molecule has 3 fully saturated rings. The molecule has 0 aromatic carbocycles. The predicted molar refractivity (Wildman–Crippen MR) is 78.4 cm³/mol. The Morgan fingerprint density at radius 1 is 1.21 bits per heavy atom. The van der Waals surface area contributed by atoms with Gasteiger partial charge >= 0.3 is 0 Å². The largest absolute Gasteiger partial charge is 0.381 e. The summed E-state index contributed by atoms with van der Waals surface area (Å²) in [5, 5.41) is 3.75. The number of rotatable bonds is 5. The van der Waals surface area contributed by atoms with E-state index < -0.39 is 0 Å². The van der Waals surface area contributed by atoms with Gasteiger partial charge in [0.2, 0.25) is 0 Å². The molecule has 2 bridgehead atoms. The van der Waals surface area contributed by atoms with Gasteiger partial charge in [-0.2, -0.15) is 0 Å². The van der Waals surface area contributed by atoms with Crippen LogP contribution in [0, 0.1) is 5.92 Å². The van der Waals surface area contributed by atoms with Crippen molar-refractivity contribution in [3.8, 4) is 0 Å². The van der Waals surface area contributed by atoms with E-state index in [0.717, 1.165) is 43.3 Å². The molecule has 0 amide bonds.